The van der Waals surface area contributed by atoms with Crippen molar-refractivity contribution in [3.63, 3.8) is 0 Å². The number of methoxy groups -OCH3 is 1. The summed E-state index contributed by atoms with van der Waals surface area (Å²) in [5.41, 5.74) is 7.19. The summed E-state index contributed by atoms with van der Waals surface area (Å²) in [5, 5.41) is 9.54. The summed E-state index contributed by atoms with van der Waals surface area (Å²) in [6.45, 7) is 0. The molecule has 2 rings (SSSR count). The van der Waals surface area contributed by atoms with Crippen LogP contribution in [0.2, 0.25) is 0 Å². The first kappa shape index (κ1) is 11.7. The molecule has 1 aliphatic rings. The van der Waals surface area contributed by atoms with Gasteiger partial charge in [-0.05, 0) is 53.2 Å². The van der Waals surface area contributed by atoms with Gasteiger partial charge in [0.15, 0.2) is 0 Å². The van der Waals surface area contributed by atoms with E-state index in [-0.39, 0.29) is 11.3 Å². The largest absolute Gasteiger partial charge is 0.507 e. The maximum absolute atomic E-state index is 9.54. The number of phenolic OH excluding ortho intramolecular Hbond substituents is 1. The van der Waals surface area contributed by atoms with Crippen molar-refractivity contribution in [2.24, 2.45) is 5.73 Å². The highest BCUT2D eigenvalue weighted by atomic mass is 79.9. The summed E-state index contributed by atoms with van der Waals surface area (Å²) < 4.78 is 5.91. The number of nitrogens with two attached hydrogens (primary N) is 1. The molecule has 0 amide bonds. The van der Waals surface area contributed by atoms with Gasteiger partial charge in [0.1, 0.15) is 16.0 Å². The molecule has 1 aliphatic carbocycles. The Kier molecular flexibility index (Phi) is 3.13. The zero-order chi connectivity index (χ0) is 11.8. The summed E-state index contributed by atoms with van der Waals surface area (Å²) in [6.07, 6.45) is 4.10. The molecule has 0 aliphatic heterocycles. The normalized spacial score (nSPS) is 17.2. The second kappa shape index (κ2) is 4.26. The van der Waals surface area contributed by atoms with E-state index in [1.165, 1.54) is 0 Å². The number of phenols is 1. The van der Waals surface area contributed by atoms with Gasteiger partial charge in [0.25, 0.3) is 0 Å². The maximum Gasteiger partial charge on any atom is 0.139 e. The quantitative estimate of drug-likeness (QED) is 0.894. The van der Waals surface area contributed by atoms with E-state index in [4.69, 9.17) is 10.5 Å². The topological polar surface area (TPSA) is 55.5 Å². The first-order chi connectivity index (χ1) is 7.56. The van der Waals surface area contributed by atoms with Crippen LogP contribution in [0.15, 0.2) is 16.6 Å². The van der Waals surface area contributed by atoms with Crippen LogP contribution in [0.4, 0.5) is 0 Å². The van der Waals surface area contributed by atoms with Crippen LogP contribution in [0.3, 0.4) is 0 Å². The van der Waals surface area contributed by atoms with Crippen molar-refractivity contribution in [1.29, 1.82) is 0 Å². The van der Waals surface area contributed by atoms with Crippen LogP contribution in [0.25, 0.3) is 0 Å². The van der Waals surface area contributed by atoms with Gasteiger partial charge in [0.2, 0.25) is 0 Å². The zero-order valence-corrected chi connectivity index (χ0v) is 10.9. The van der Waals surface area contributed by atoms with Crippen molar-refractivity contribution in [2.45, 2.75) is 31.2 Å². The average Bonchev–Trinajstić information content (AvgIpc) is 2.99. The minimum atomic E-state index is 0.0510. The van der Waals surface area contributed by atoms with Crippen LogP contribution in [-0.4, -0.2) is 17.8 Å². The van der Waals surface area contributed by atoms with E-state index in [1.54, 1.807) is 13.2 Å². The molecule has 1 aromatic rings. The molecule has 4 heteroatoms. The van der Waals surface area contributed by atoms with E-state index in [0.717, 1.165) is 31.2 Å². The highest BCUT2D eigenvalue weighted by molar-refractivity contribution is 9.10. The van der Waals surface area contributed by atoms with Gasteiger partial charge in [0.05, 0.1) is 7.11 Å². The molecule has 88 valence electrons. The molecule has 0 atom stereocenters. The number of benzene rings is 1. The van der Waals surface area contributed by atoms with Crippen LogP contribution >= 0.6 is 15.9 Å². The van der Waals surface area contributed by atoms with E-state index >= 15 is 0 Å². The maximum atomic E-state index is 9.54. The van der Waals surface area contributed by atoms with Crippen molar-refractivity contribution in [2.75, 3.05) is 7.11 Å². The molecule has 0 spiro atoms. The third kappa shape index (κ3) is 2.33. The van der Waals surface area contributed by atoms with Gasteiger partial charge in [-0.3, -0.25) is 0 Å². The van der Waals surface area contributed by atoms with Gasteiger partial charge in [0, 0.05) is 5.54 Å². The molecule has 0 aromatic heterocycles. The Morgan fingerprint density at radius 3 is 2.75 bits per heavy atom. The Morgan fingerprint density at radius 1 is 1.50 bits per heavy atom. The van der Waals surface area contributed by atoms with Gasteiger partial charge in [-0.1, -0.05) is 6.07 Å². The number of aromatic hydroxyl groups is 1. The van der Waals surface area contributed by atoms with Crippen molar-refractivity contribution in [1.82, 2.24) is 0 Å². The van der Waals surface area contributed by atoms with E-state index in [2.05, 4.69) is 15.9 Å². The number of aryl methyl sites for hydroxylation is 1. The van der Waals surface area contributed by atoms with Crippen molar-refractivity contribution in [3.05, 3.63) is 22.2 Å². The van der Waals surface area contributed by atoms with E-state index in [0.29, 0.717) is 10.2 Å². The summed E-state index contributed by atoms with van der Waals surface area (Å²) in [5.74, 6) is 0.915. The monoisotopic (exact) mass is 285 g/mol. The minimum Gasteiger partial charge on any atom is -0.507 e. The van der Waals surface area contributed by atoms with Crippen LogP contribution in [0, 0.1) is 0 Å². The number of halogens is 1. The lowest BCUT2D eigenvalue weighted by Crippen LogP contribution is -2.22. The standard InChI is InChI=1S/C12H16BrNO2/c1-16-11-8(2-3-9(15)10(11)13)4-5-12(14)6-7-12/h2-3,15H,4-7,14H2,1H3. The summed E-state index contributed by atoms with van der Waals surface area (Å²) in [7, 11) is 1.61. The minimum absolute atomic E-state index is 0.0510. The molecule has 16 heavy (non-hydrogen) atoms. The van der Waals surface area contributed by atoms with Gasteiger partial charge < -0.3 is 15.6 Å². The van der Waals surface area contributed by atoms with Gasteiger partial charge in [-0.15, -0.1) is 0 Å². The molecule has 1 saturated carbocycles. The molecule has 3 N–H and O–H groups in total. The fraction of sp³-hybridized carbons (Fsp3) is 0.500. The van der Waals surface area contributed by atoms with E-state index in [1.807, 2.05) is 6.07 Å². The molecule has 0 radical (unpaired) electrons. The predicted octanol–water partition coefficient (Wildman–Crippen LogP) is 2.59. The lowest BCUT2D eigenvalue weighted by atomic mass is 10.0. The Morgan fingerprint density at radius 2 is 2.19 bits per heavy atom. The first-order valence-corrected chi connectivity index (χ1v) is 6.18. The first-order valence-electron chi connectivity index (χ1n) is 5.39. The Hall–Kier alpha value is -0.740. The van der Waals surface area contributed by atoms with Gasteiger partial charge in [-0.2, -0.15) is 0 Å². The van der Waals surface area contributed by atoms with Gasteiger partial charge >= 0.3 is 0 Å². The molecular weight excluding hydrogens is 270 g/mol. The molecular formula is C12H16BrNO2. The molecule has 0 bridgehead atoms. The molecule has 1 aromatic carbocycles. The number of hydrogen-bond acceptors (Lipinski definition) is 3. The van der Waals surface area contributed by atoms with Crippen LogP contribution in [0.5, 0.6) is 11.5 Å². The van der Waals surface area contributed by atoms with Crippen LogP contribution in [0.1, 0.15) is 24.8 Å². The molecule has 0 heterocycles. The third-order valence-corrected chi connectivity index (χ3v) is 3.91. The molecule has 1 fully saturated rings. The zero-order valence-electron chi connectivity index (χ0n) is 9.29. The number of rotatable bonds is 4. The summed E-state index contributed by atoms with van der Waals surface area (Å²) in [4.78, 5) is 0. The third-order valence-electron chi connectivity index (χ3n) is 3.15. The SMILES string of the molecule is COc1c(CCC2(N)CC2)ccc(O)c1Br. The number of ether oxygens (including phenoxy) is 1. The van der Waals surface area contributed by atoms with Crippen molar-refractivity contribution >= 4 is 15.9 Å². The fourth-order valence-corrected chi connectivity index (χ4v) is 2.35. The summed E-state index contributed by atoms with van der Waals surface area (Å²) in [6, 6.07) is 3.57. The Balaban J connectivity index is 2.16. The number of hydrogen-bond donors (Lipinski definition) is 2. The average molecular weight is 286 g/mol. The van der Waals surface area contributed by atoms with Crippen LogP contribution in [-0.2, 0) is 6.42 Å². The summed E-state index contributed by atoms with van der Waals surface area (Å²) >= 11 is 3.32. The lowest BCUT2D eigenvalue weighted by molar-refractivity contribution is 0.397. The van der Waals surface area contributed by atoms with Gasteiger partial charge in [-0.25, -0.2) is 0 Å². The second-order valence-corrected chi connectivity index (χ2v) is 5.25. The fourth-order valence-electron chi connectivity index (χ4n) is 1.80. The predicted molar refractivity (Wildman–Crippen MR) is 66.8 cm³/mol. The van der Waals surface area contributed by atoms with Crippen LogP contribution < -0.4 is 10.5 Å². The van der Waals surface area contributed by atoms with Crippen molar-refractivity contribution in [3.8, 4) is 11.5 Å². The van der Waals surface area contributed by atoms with E-state index in [9.17, 15) is 5.11 Å². The Bertz CT molecular complexity index is 402. The lowest BCUT2D eigenvalue weighted by Gasteiger charge is -2.13. The smallest absolute Gasteiger partial charge is 0.139 e. The van der Waals surface area contributed by atoms with Crippen molar-refractivity contribution < 1.29 is 9.84 Å². The Labute approximate surface area is 104 Å². The highest BCUT2D eigenvalue weighted by Gasteiger charge is 2.37. The molecule has 0 unspecified atom stereocenters. The molecule has 3 nitrogen and oxygen atoms in total. The highest BCUT2D eigenvalue weighted by Crippen LogP contribution is 2.40. The van der Waals surface area contributed by atoms with E-state index < -0.39 is 0 Å². The molecule has 0 saturated heterocycles. The second-order valence-electron chi connectivity index (χ2n) is 4.45.